The maximum absolute atomic E-state index is 12.1. The fourth-order valence-corrected chi connectivity index (χ4v) is 2.10. The molecular formula is C17H27F3N4O2. The molecule has 0 aromatic carbocycles. The van der Waals surface area contributed by atoms with Gasteiger partial charge in [-0.05, 0) is 11.0 Å². The highest BCUT2D eigenvalue weighted by molar-refractivity contribution is 5.79. The maximum Gasteiger partial charge on any atom is 0.422 e. The largest absolute Gasteiger partial charge is 0.468 e. The SMILES string of the molecule is CN=C(NCc1ccc(OCC(F)(F)F)nc1)NCC(OC)C(C)(C)C. The summed E-state index contributed by atoms with van der Waals surface area (Å²) in [6.45, 7) is 5.91. The number of nitrogens with zero attached hydrogens (tertiary/aromatic N) is 2. The van der Waals surface area contributed by atoms with Crippen molar-refractivity contribution in [3.63, 3.8) is 0 Å². The molecule has 0 bridgehead atoms. The zero-order valence-electron chi connectivity index (χ0n) is 15.8. The zero-order valence-corrected chi connectivity index (χ0v) is 15.8. The smallest absolute Gasteiger partial charge is 0.422 e. The Labute approximate surface area is 152 Å². The average Bonchev–Trinajstić information content (AvgIpc) is 2.55. The molecule has 26 heavy (non-hydrogen) atoms. The Hall–Kier alpha value is -2.03. The molecule has 9 heteroatoms. The first-order valence-corrected chi connectivity index (χ1v) is 8.17. The fourth-order valence-electron chi connectivity index (χ4n) is 2.10. The highest BCUT2D eigenvalue weighted by atomic mass is 19.4. The second-order valence-electron chi connectivity index (χ2n) is 6.81. The second-order valence-corrected chi connectivity index (χ2v) is 6.81. The molecule has 6 nitrogen and oxygen atoms in total. The van der Waals surface area contributed by atoms with Crippen LogP contribution in [0, 0.1) is 5.41 Å². The molecule has 1 rings (SSSR count). The minimum Gasteiger partial charge on any atom is -0.468 e. The molecule has 0 aliphatic rings. The van der Waals surface area contributed by atoms with Gasteiger partial charge in [0.25, 0.3) is 0 Å². The van der Waals surface area contributed by atoms with Gasteiger partial charge >= 0.3 is 6.18 Å². The van der Waals surface area contributed by atoms with Gasteiger partial charge < -0.3 is 20.1 Å². The van der Waals surface area contributed by atoms with Gasteiger partial charge in [0.2, 0.25) is 5.88 Å². The Bertz CT molecular complexity index is 569. The van der Waals surface area contributed by atoms with Gasteiger partial charge in [-0.15, -0.1) is 0 Å². The van der Waals surface area contributed by atoms with Crippen LogP contribution in [0.15, 0.2) is 23.3 Å². The first kappa shape index (κ1) is 22.0. The number of halogens is 3. The number of pyridine rings is 1. The Morgan fingerprint density at radius 3 is 2.38 bits per heavy atom. The van der Waals surface area contributed by atoms with E-state index in [1.807, 2.05) is 0 Å². The number of methoxy groups -OCH3 is 1. The number of guanidine groups is 1. The van der Waals surface area contributed by atoms with E-state index in [1.165, 1.54) is 12.3 Å². The van der Waals surface area contributed by atoms with Crippen molar-refractivity contribution in [2.45, 2.75) is 39.6 Å². The lowest BCUT2D eigenvalue weighted by molar-refractivity contribution is -0.154. The van der Waals surface area contributed by atoms with Gasteiger partial charge in [-0.25, -0.2) is 4.98 Å². The van der Waals surface area contributed by atoms with Gasteiger partial charge in [0.1, 0.15) is 0 Å². The molecule has 148 valence electrons. The highest BCUT2D eigenvalue weighted by Gasteiger charge is 2.28. The molecule has 2 N–H and O–H groups in total. The summed E-state index contributed by atoms with van der Waals surface area (Å²) in [6.07, 6.45) is -2.92. The molecule has 0 spiro atoms. The molecule has 1 aromatic rings. The number of alkyl halides is 3. The lowest BCUT2D eigenvalue weighted by Gasteiger charge is -2.30. The molecule has 0 fully saturated rings. The second kappa shape index (κ2) is 9.61. The highest BCUT2D eigenvalue weighted by Crippen LogP contribution is 2.21. The van der Waals surface area contributed by atoms with E-state index in [-0.39, 0.29) is 17.4 Å². The summed E-state index contributed by atoms with van der Waals surface area (Å²) >= 11 is 0. The molecule has 0 amide bonds. The minimum atomic E-state index is -4.38. The Morgan fingerprint density at radius 2 is 1.92 bits per heavy atom. The first-order valence-electron chi connectivity index (χ1n) is 8.17. The number of nitrogens with one attached hydrogen (secondary N) is 2. The number of aromatic nitrogens is 1. The number of hydrogen-bond donors (Lipinski definition) is 2. The topological polar surface area (TPSA) is 67.8 Å². The molecule has 0 radical (unpaired) electrons. The molecule has 0 saturated carbocycles. The van der Waals surface area contributed by atoms with Crippen LogP contribution in [-0.2, 0) is 11.3 Å². The summed E-state index contributed by atoms with van der Waals surface area (Å²) in [5.74, 6) is 0.524. The summed E-state index contributed by atoms with van der Waals surface area (Å²) in [5, 5.41) is 6.30. The monoisotopic (exact) mass is 376 g/mol. The standard InChI is InChI=1S/C17H27F3N4O2/c1-16(2,3)13(25-5)10-24-15(21-4)23-9-12-6-7-14(22-8-12)26-11-17(18,19)20/h6-8,13H,9-11H2,1-5H3,(H2,21,23,24). The van der Waals surface area contributed by atoms with E-state index in [1.54, 1.807) is 20.2 Å². The van der Waals surface area contributed by atoms with E-state index >= 15 is 0 Å². The Morgan fingerprint density at radius 1 is 1.23 bits per heavy atom. The average molecular weight is 376 g/mol. The first-order chi connectivity index (χ1) is 12.0. The van der Waals surface area contributed by atoms with Crippen LogP contribution in [0.5, 0.6) is 5.88 Å². The van der Waals surface area contributed by atoms with E-state index in [0.717, 1.165) is 5.56 Å². The van der Waals surface area contributed by atoms with Gasteiger partial charge in [0.15, 0.2) is 12.6 Å². The molecule has 1 atom stereocenters. The van der Waals surface area contributed by atoms with Crippen LogP contribution < -0.4 is 15.4 Å². The zero-order chi connectivity index (χ0) is 19.8. The number of hydrogen-bond acceptors (Lipinski definition) is 4. The number of ether oxygens (including phenoxy) is 2. The maximum atomic E-state index is 12.1. The fraction of sp³-hybridized carbons (Fsp3) is 0.647. The third kappa shape index (κ3) is 8.37. The summed E-state index contributed by atoms with van der Waals surface area (Å²) in [5.41, 5.74) is 0.767. The summed E-state index contributed by atoms with van der Waals surface area (Å²) < 4.78 is 46.4. The van der Waals surface area contributed by atoms with Gasteiger partial charge in [-0.3, -0.25) is 4.99 Å². The van der Waals surface area contributed by atoms with E-state index in [9.17, 15) is 13.2 Å². The van der Waals surface area contributed by atoms with E-state index in [0.29, 0.717) is 19.0 Å². The van der Waals surface area contributed by atoms with E-state index in [4.69, 9.17) is 4.74 Å². The van der Waals surface area contributed by atoms with Crippen LogP contribution in [-0.4, -0.2) is 50.5 Å². The third-order valence-electron chi connectivity index (χ3n) is 3.57. The lowest BCUT2D eigenvalue weighted by atomic mass is 9.89. The molecule has 1 aromatic heterocycles. The van der Waals surface area contributed by atoms with Crippen LogP contribution in [0.2, 0.25) is 0 Å². The quantitative estimate of drug-likeness (QED) is 0.566. The van der Waals surface area contributed by atoms with Crippen molar-refractivity contribution in [1.82, 2.24) is 15.6 Å². The van der Waals surface area contributed by atoms with Crippen molar-refractivity contribution >= 4 is 5.96 Å². The number of rotatable bonds is 7. The van der Waals surface area contributed by atoms with Crippen LogP contribution in [0.3, 0.4) is 0 Å². The molecule has 0 aliphatic carbocycles. The molecule has 0 saturated heterocycles. The van der Waals surface area contributed by atoms with Crippen molar-refractivity contribution in [3.8, 4) is 5.88 Å². The lowest BCUT2D eigenvalue weighted by Crippen LogP contribution is -2.45. The van der Waals surface area contributed by atoms with Crippen molar-refractivity contribution in [2.24, 2.45) is 10.4 Å². The van der Waals surface area contributed by atoms with Crippen LogP contribution >= 0.6 is 0 Å². The minimum absolute atomic E-state index is 0.00721. The van der Waals surface area contributed by atoms with Crippen molar-refractivity contribution in [3.05, 3.63) is 23.9 Å². The predicted octanol–water partition coefficient (Wildman–Crippen LogP) is 2.75. The Kier molecular flexibility index (Phi) is 8.13. The molecular weight excluding hydrogens is 349 g/mol. The van der Waals surface area contributed by atoms with Crippen LogP contribution in [0.4, 0.5) is 13.2 Å². The van der Waals surface area contributed by atoms with Gasteiger partial charge in [-0.2, -0.15) is 13.2 Å². The van der Waals surface area contributed by atoms with Gasteiger partial charge in [0.05, 0.1) is 6.10 Å². The van der Waals surface area contributed by atoms with Gasteiger partial charge in [0, 0.05) is 39.5 Å². The van der Waals surface area contributed by atoms with Crippen LogP contribution in [0.25, 0.3) is 0 Å². The molecule has 0 aliphatic heterocycles. The van der Waals surface area contributed by atoms with Gasteiger partial charge in [-0.1, -0.05) is 26.8 Å². The number of aliphatic imine (C=N–C) groups is 1. The summed E-state index contributed by atoms with van der Waals surface area (Å²) in [6, 6.07) is 3.05. The Balaban J connectivity index is 2.48. The normalized spacial score (nSPS) is 14.1. The van der Waals surface area contributed by atoms with Crippen molar-refractivity contribution in [2.75, 3.05) is 27.3 Å². The predicted molar refractivity (Wildman–Crippen MR) is 94.2 cm³/mol. The summed E-state index contributed by atoms with van der Waals surface area (Å²) in [4.78, 5) is 8.00. The van der Waals surface area contributed by atoms with Crippen LogP contribution in [0.1, 0.15) is 26.3 Å². The molecule has 1 heterocycles. The van der Waals surface area contributed by atoms with E-state index in [2.05, 4.69) is 46.1 Å². The third-order valence-corrected chi connectivity index (χ3v) is 3.57. The van der Waals surface area contributed by atoms with Crippen molar-refractivity contribution in [1.29, 1.82) is 0 Å². The van der Waals surface area contributed by atoms with Crippen molar-refractivity contribution < 1.29 is 22.6 Å². The molecule has 1 unspecified atom stereocenters. The summed E-state index contributed by atoms with van der Waals surface area (Å²) in [7, 11) is 3.32. The van der Waals surface area contributed by atoms with E-state index < -0.39 is 12.8 Å².